The summed E-state index contributed by atoms with van der Waals surface area (Å²) in [6.07, 6.45) is 2.99. The molecule has 1 aliphatic heterocycles. The number of hydrogen-bond donors (Lipinski definition) is 2. The number of anilines is 3. The Bertz CT molecular complexity index is 730. The highest BCUT2D eigenvalue weighted by Gasteiger charge is 2.26. The molecule has 2 aromatic rings. The van der Waals surface area contributed by atoms with Gasteiger partial charge in [-0.3, -0.25) is 4.79 Å². The molecule has 0 saturated heterocycles. The molecular formula is C20H26ClN3O. The highest BCUT2D eigenvalue weighted by molar-refractivity contribution is 5.97. The number of rotatable bonds is 4. The maximum absolute atomic E-state index is 12.7. The maximum Gasteiger partial charge on any atom is 0.246 e. The molecule has 134 valence electrons. The van der Waals surface area contributed by atoms with E-state index in [1.807, 2.05) is 31.2 Å². The predicted molar refractivity (Wildman–Crippen MR) is 108 cm³/mol. The molecule has 2 aromatic carbocycles. The Balaban J connectivity index is 0.00000225. The normalized spacial score (nSPS) is 14.2. The fourth-order valence-corrected chi connectivity index (χ4v) is 3.29. The second-order valence-corrected chi connectivity index (χ2v) is 6.36. The molecule has 3 N–H and O–H groups in total. The first-order valence-electron chi connectivity index (χ1n) is 8.64. The van der Waals surface area contributed by atoms with Crippen LogP contribution < -0.4 is 16.0 Å². The van der Waals surface area contributed by atoms with Gasteiger partial charge >= 0.3 is 0 Å². The highest BCUT2D eigenvalue weighted by Crippen LogP contribution is 2.32. The van der Waals surface area contributed by atoms with Crippen LogP contribution in [0.25, 0.3) is 0 Å². The van der Waals surface area contributed by atoms with Crippen LogP contribution in [0.4, 0.5) is 17.1 Å². The number of halogens is 1. The molecule has 5 heteroatoms. The van der Waals surface area contributed by atoms with Crippen LogP contribution in [0.5, 0.6) is 0 Å². The van der Waals surface area contributed by atoms with Crippen LogP contribution in [0.3, 0.4) is 0 Å². The Morgan fingerprint density at radius 3 is 2.64 bits per heavy atom. The van der Waals surface area contributed by atoms with E-state index >= 15 is 0 Å². The number of aryl methyl sites for hydroxylation is 1. The van der Waals surface area contributed by atoms with Gasteiger partial charge in [0.05, 0.1) is 0 Å². The van der Waals surface area contributed by atoms with E-state index in [1.54, 1.807) is 0 Å². The first-order valence-corrected chi connectivity index (χ1v) is 8.64. The lowest BCUT2D eigenvalue weighted by atomic mass is 9.98. The Morgan fingerprint density at radius 1 is 1.24 bits per heavy atom. The largest absolute Gasteiger partial charge is 0.398 e. The van der Waals surface area contributed by atoms with Crippen molar-refractivity contribution in [3.63, 3.8) is 0 Å². The summed E-state index contributed by atoms with van der Waals surface area (Å²) >= 11 is 0. The third kappa shape index (κ3) is 4.07. The fourth-order valence-electron chi connectivity index (χ4n) is 3.29. The molecule has 1 atom stereocenters. The summed E-state index contributed by atoms with van der Waals surface area (Å²) in [7, 11) is 0. The zero-order chi connectivity index (χ0) is 17.1. The molecule has 0 saturated carbocycles. The van der Waals surface area contributed by atoms with Crippen molar-refractivity contribution in [2.45, 2.75) is 39.2 Å². The summed E-state index contributed by atoms with van der Waals surface area (Å²) in [4.78, 5) is 14.8. The monoisotopic (exact) mass is 359 g/mol. The van der Waals surface area contributed by atoms with Crippen LogP contribution in [0.1, 0.15) is 31.4 Å². The van der Waals surface area contributed by atoms with E-state index < -0.39 is 0 Å². The van der Waals surface area contributed by atoms with E-state index in [1.165, 1.54) is 5.56 Å². The van der Waals surface area contributed by atoms with Crippen LogP contribution >= 0.6 is 12.4 Å². The van der Waals surface area contributed by atoms with Crippen LogP contribution in [-0.4, -0.2) is 18.5 Å². The van der Waals surface area contributed by atoms with Gasteiger partial charge in [-0.15, -0.1) is 12.4 Å². The van der Waals surface area contributed by atoms with Gasteiger partial charge in [-0.05, 0) is 61.6 Å². The van der Waals surface area contributed by atoms with Crippen molar-refractivity contribution in [3.05, 3.63) is 53.6 Å². The topological polar surface area (TPSA) is 58.4 Å². The van der Waals surface area contributed by atoms with E-state index in [9.17, 15) is 4.79 Å². The number of nitrogen functional groups attached to an aromatic ring is 1. The minimum atomic E-state index is -0.239. The Hall–Kier alpha value is -2.20. The molecule has 0 aliphatic carbocycles. The first-order chi connectivity index (χ1) is 11.6. The number of nitrogens with one attached hydrogen (secondary N) is 1. The second-order valence-electron chi connectivity index (χ2n) is 6.36. The van der Waals surface area contributed by atoms with Gasteiger partial charge in [-0.25, -0.2) is 0 Å². The maximum atomic E-state index is 12.7. The molecule has 0 spiro atoms. The lowest BCUT2D eigenvalue weighted by Crippen LogP contribution is -2.44. The van der Waals surface area contributed by atoms with Crippen LogP contribution in [0.2, 0.25) is 0 Å². The van der Waals surface area contributed by atoms with E-state index in [2.05, 4.69) is 35.3 Å². The van der Waals surface area contributed by atoms with Gasteiger partial charge in [0.25, 0.3) is 0 Å². The summed E-state index contributed by atoms with van der Waals surface area (Å²) in [6, 6.07) is 13.7. The molecule has 1 amide bonds. The molecule has 1 heterocycles. The van der Waals surface area contributed by atoms with Crippen LogP contribution in [-0.2, 0) is 17.6 Å². The Labute approximate surface area is 155 Å². The molecule has 3 rings (SSSR count). The van der Waals surface area contributed by atoms with Gasteiger partial charge in [0.1, 0.15) is 6.04 Å². The lowest BCUT2D eigenvalue weighted by molar-refractivity contribution is -0.117. The van der Waals surface area contributed by atoms with E-state index in [-0.39, 0.29) is 24.4 Å². The molecule has 0 aromatic heterocycles. The smallest absolute Gasteiger partial charge is 0.246 e. The third-order valence-corrected chi connectivity index (χ3v) is 4.80. The number of benzene rings is 2. The fraction of sp³-hybridized carbons (Fsp3) is 0.350. The SMILES string of the molecule is CCc1ccc(NC(=O)C(C)N2CCCc3c(N)cccc32)cc1.Cl. The van der Waals surface area contributed by atoms with Crippen molar-refractivity contribution in [1.29, 1.82) is 0 Å². The molecular weight excluding hydrogens is 334 g/mol. The van der Waals surface area contributed by atoms with Gasteiger partial charge in [-0.1, -0.05) is 25.1 Å². The summed E-state index contributed by atoms with van der Waals surface area (Å²) in [5, 5.41) is 3.02. The van der Waals surface area contributed by atoms with Crippen molar-refractivity contribution < 1.29 is 4.79 Å². The Kier molecular flexibility index (Phi) is 6.32. The first kappa shape index (κ1) is 19.1. The second kappa shape index (κ2) is 8.26. The van der Waals surface area contributed by atoms with E-state index in [0.29, 0.717) is 0 Å². The third-order valence-electron chi connectivity index (χ3n) is 4.80. The number of amides is 1. The van der Waals surface area contributed by atoms with Crippen molar-refractivity contribution in [3.8, 4) is 0 Å². The van der Waals surface area contributed by atoms with Gasteiger partial charge < -0.3 is 16.0 Å². The molecule has 0 radical (unpaired) electrons. The summed E-state index contributed by atoms with van der Waals surface area (Å²) in [5.41, 5.74) is 11.3. The number of carbonyl (C=O) groups excluding carboxylic acids is 1. The van der Waals surface area contributed by atoms with Crippen LogP contribution in [0, 0.1) is 0 Å². The number of fused-ring (bicyclic) bond motifs is 1. The quantitative estimate of drug-likeness (QED) is 0.810. The zero-order valence-corrected chi connectivity index (χ0v) is 15.6. The zero-order valence-electron chi connectivity index (χ0n) is 14.8. The van der Waals surface area contributed by atoms with Gasteiger partial charge in [-0.2, -0.15) is 0 Å². The van der Waals surface area contributed by atoms with Gasteiger partial charge in [0.2, 0.25) is 5.91 Å². The standard InChI is InChI=1S/C20H25N3O.ClH/c1-3-15-9-11-16(12-10-15)22-20(24)14(2)23-13-5-6-17-18(21)7-4-8-19(17)23;/h4,7-12,14H,3,5-6,13,21H2,1-2H3,(H,22,24);1H. The molecule has 0 fully saturated rings. The minimum absolute atomic E-state index is 0. The molecule has 4 nitrogen and oxygen atoms in total. The lowest BCUT2D eigenvalue weighted by Gasteiger charge is -2.36. The Morgan fingerprint density at radius 2 is 1.96 bits per heavy atom. The molecule has 1 unspecified atom stereocenters. The predicted octanol–water partition coefficient (Wildman–Crippen LogP) is 4.03. The number of carbonyl (C=O) groups is 1. The number of hydrogen-bond acceptors (Lipinski definition) is 3. The average Bonchev–Trinajstić information content (AvgIpc) is 2.61. The molecule has 1 aliphatic rings. The van der Waals surface area contributed by atoms with Gasteiger partial charge in [0.15, 0.2) is 0 Å². The van der Waals surface area contributed by atoms with Crippen molar-refractivity contribution in [2.24, 2.45) is 0 Å². The van der Waals surface area contributed by atoms with E-state index in [0.717, 1.165) is 48.4 Å². The van der Waals surface area contributed by atoms with E-state index in [4.69, 9.17) is 5.73 Å². The van der Waals surface area contributed by atoms with Crippen molar-refractivity contribution in [2.75, 3.05) is 22.5 Å². The van der Waals surface area contributed by atoms with Crippen molar-refractivity contribution in [1.82, 2.24) is 0 Å². The summed E-state index contributed by atoms with van der Waals surface area (Å²) < 4.78 is 0. The average molecular weight is 360 g/mol. The molecule has 25 heavy (non-hydrogen) atoms. The van der Waals surface area contributed by atoms with Crippen LogP contribution in [0.15, 0.2) is 42.5 Å². The summed E-state index contributed by atoms with van der Waals surface area (Å²) in [6.45, 7) is 4.95. The molecule has 0 bridgehead atoms. The van der Waals surface area contributed by atoms with Gasteiger partial charge in [0, 0.05) is 23.6 Å². The highest BCUT2D eigenvalue weighted by atomic mass is 35.5. The minimum Gasteiger partial charge on any atom is -0.398 e. The summed E-state index contributed by atoms with van der Waals surface area (Å²) in [5.74, 6) is 0.00882. The number of nitrogens with two attached hydrogens (primary N) is 1. The van der Waals surface area contributed by atoms with Crippen molar-refractivity contribution >= 4 is 35.4 Å². The number of nitrogens with zero attached hydrogens (tertiary/aromatic N) is 1.